The number of nitrogens with one attached hydrogen (secondary N) is 1. The molecule has 316 valence electrons. The molecule has 19 heteroatoms. The number of rotatable bonds is 7. The maximum absolute atomic E-state index is 13.6. The summed E-state index contributed by atoms with van der Waals surface area (Å²) < 4.78 is 59.6. The Morgan fingerprint density at radius 3 is 1.71 bits per heavy atom. The summed E-state index contributed by atoms with van der Waals surface area (Å²) in [5, 5.41) is 3.14. The van der Waals surface area contributed by atoms with Crippen LogP contribution in [0.4, 0.5) is 19.5 Å². The third-order valence-electron chi connectivity index (χ3n) is 9.68. The second kappa shape index (κ2) is 17.0. The van der Waals surface area contributed by atoms with E-state index in [1.54, 1.807) is 76.8 Å². The Kier molecular flexibility index (Phi) is 11.4. The van der Waals surface area contributed by atoms with Crippen molar-refractivity contribution in [3.63, 3.8) is 0 Å². The molecule has 0 bridgehead atoms. The topological polar surface area (TPSA) is 188 Å². The highest BCUT2D eigenvalue weighted by atomic mass is 32.2. The third-order valence-corrected chi connectivity index (χ3v) is 10.5. The zero-order chi connectivity index (χ0) is 43.6. The van der Waals surface area contributed by atoms with E-state index in [9.17, 15) is 22.0 Å². The van der Waals surface area contributed by atoms with E-state index in [2.05, 4.69) is 35.2 Å². The highest BCUT2D eigenvalue weighted by molar-refractivity contribution is 7.90. The number of carbonyl (C=O) groups excluding carboxylic acids is 1. The van der Waals surface area contributed by atoms with Crippen LogP contribution in [-0.2, 0) is 14.6 Å². The molecule has 1 fully saturated rings. The number of anilines is 1. The van der Waals surface area contributed by atoms with E-state index in [4.69, 9.17) is 14.7 Å². The van der Waals surface area contributed by atoms with Crippen LogP contribution in [0.1, 0.15) is 33.6 Å². The average molecular weight is 859 g/mol. The molecule has 9 rings (SSSR count). The summed E-state index contributed by atoms with van der Waals surface area (Å²) in [7, 11) is -3.57. The van der Waals surface area contributed by atoms with Crippen LogP contribution < -0.4 is 5.32 Å². The minimum Gasteiger partial charge on any atom is -0.444 e. The number of aromatic nitrogens is 10. The van der Waals surface area contributed by atoms with Crippen LogP contribution in [0.3, 0.4) is 0 Å². The molecule has 0 spiro atoms. The fourth-order valence-corrected chi connectivity index (χ4v) is 7.36. The standard InChI is InChI=1S/C26H28FN7O2.C17H12FN5O2S/c1-26(2,3)36-25(35)33-13-9-19(10-14-33)30-24-29-11-8-20(31-24)23-22(17-4-6-18(27)7-5-17)32-21-16-28-12-15-34(21)23;1-26(24,25)17-20-7-6-13(21-17)16-15(11-2-4-12(18)5-3-11)22-14-10-19-8-9-23(14)16/h4-8,11-12,15-16,19H,9-10,13-14H2,1-3H3,(H,29,30,31);2-10H,1H3. The Morgan fingerprint density at radius 1 is 0.710 bits per heavy atom. The van der Waals surface area contributed by atoms with Gasteiger partial charge < -0.3 is 15.0 Å². The van der Waals surface area contributed by atoms with Gasteiger partial charge in [-0.25, -0.2) is 51.9 Å². The summed E-state index contributed by atoms with van der Waals surface area (Å²) in [4.78, 5) is 48.8. The number of benzene rings is 2. The molecule has 7 heterocycles. The summed E-state index contributed by atoms with van der Waals surface area (Å²) in [6.45, 7) is 6.80. The number of sulfone groups is 1. The Balaban J connectivity index is 0.000000180. The predicted octanol–water partition coefficient (Wildman–Crippen LogP) is 7.20. The van der Waals surface area contributed by atoms with Crippen LogP contribution in [0.25, 0.3) is 56.6 Å². The Hall–Kier alpha value is -7.28. The van der Waals surface area contributed by atoms with Gasteiger partial charge in [-0.15, -0.1) is 0 Å². The van der Waals surface area contributed by atoms with Gasteiger partial charge in [0.2, 0.25) is 20.9 Å². The largest absolute Gasteiger partial charge is 0.444 e. The Morgan fingerprint density at radius 2 is 1.21 bits per heavy atom. The van der Waals surface area contributed by atoms with Crippen molar-refractivity contribution < 1.29 is 26.7 Å². The maximum atomic E-state index is 13.6. The predicted molar refractivity (Wildman–Crippen MR) is 226 cm³/mol. The highest BCUT2D eigenvalue weighted by Crippen LogP contribution is 2.33. The van der Waals surface area contributed by atoms with Gasteiger partial charge in [0, 0.05) is 73.7 Å². The third kappa shape index (κ3) is 9.21. The van der Waals surface area contributed by atoms with Gasteiger partial charge in [-0.2, -0.15) is 0 Å². The molecule has 0 unspecified atom stereocenters. The van der Waals surface area contributed by atoms with E-state index < -0.39 is 15.4 Å². The molecule has 62 heavy (non-hydrogen) atoms. The molecule has 6 aromatic heterocycles. The van der Waals surface area contributed by atoms with Gasteiger partial charge >= 0.3 is 6.09 Å². The van der Waals surface area contributed by atoms with E-state index in [0.717, 1.165) is 30.4 Å². The summed E-state index contributed by atoms with van der Waals surface area (Å²) in [5.74, 6) is -0.170. The molecule has 2 aromatic carbocycles. The first-order valence-electron chi connectivity index (χ1n) is 19.5. The first-order chi connectivity index (χ1) is 29.7. The van der Waals surface area contributed by atoms with Crippen LogP contribution in [0, 0.1) is 11.6 Å². The summed E-state index contributed by atoms with van der Waals surface area (Å²) >= 11 is 0. The molecule has 1 aliphatic heterocycles. The van der Waals surface area contributed by atoms with Crippen molar-refractivity contribution in [1.29, 1.82) is 0 Å². The first kappa shape index (κ1) is 41.5. The highest BCUT2D eigenvalue weighted by Gasteiger charge is 2.28. The van der Waals surface area contributed by atoms with Crippen LogP contribution in [0.5, 0.6) is 0 Å². The zero-order valence-electron chi connectivity index (χ0n) is 34.0. The summed E-state index contributed by atoms with van der Waals surface area (Å²) in [6.07, 6.45) is 15.4. The molecule has 0 saturated carbocycles. The second-order valence-electron chi connectivity index (χ2n) is 15.4. The van der Waals surface area contributed by atoms with E-state index in [1.807, 2.05) is 37.4 Å². The van der Waals surface area contributed by atoms with Crippen LogP contribution in [0.2, 0.25) is 0 Å². The number of halogens is 2. The lowest BCUT2D eigenvalue weighted by Crippen LogP contribution is -2.44. The zero-order valence-corrected chi connectivity index (χ0v) is 34.8. The van der Waals surface area contributed by atoms with Crippen molar-refractivity contribution in [2.45, 2.75) is 50.4 Å². The lowest BCUT2D eigenvalue weighted by Gasteiger charge is -2.33. The normalized spacial score (nSPS) is 13.5. The SMILES string of the molecule is CC(C)(C)OC(=O)N1CCC(Nc2nccc(-c3c(-c4ccc(F)cc4)nc4cnccn34)n2)CC1.CS(=O)(=O)c1nccc(-c2c(-c3ccc(F)cc3)nc3cnccn23)n1. The molecule has 0 radical (unpaired) electrons. The van der Waals surface area contributed by atoms with Crippen molar-refractivity contribution >= 4 is 33.2 Å². The lowest BCUT2D eigenvalue weighted by molar-refractivity contribution is 0.0210. The van der Waals surface area contributed by atoms with Crippen molar-refractivity contribution in [3.8, 4) is 45.3 Å². The number of imidazole rings is 2. The number of fused-ring (bicyclic) bond motifs is 2. The Labute approximate surface area is 354 Å². The van der Waals surface area contributed by atoms with Crippen LogP contribution in [0.15, 0.2) is 115 Å². The molecule has 0 aliphatic carbocycles. The molecule has 1 N–H and O–H groups in total. The fraction of sp³-hybridized carbons (Fsp3) is 0.233. The summed E-state index contributed by atoms with van der Waals surface area (Å²) in [6, 6.07) is 15.7. The van der Waals surface area contributed by atoms with Gasteiger partial charge in [-0.3, -0.25) is 18.8 Å². The van der Waals surface area contributed by atoms with E-state index >= 15 is 0 Å². The Bertz CT molecular complexity index is 3000. The first-order valence-corrected chi connectivity index (χ1v) is 21.4. The van der Waals surface area contributed by atoms with Gasteiger partial charge in [0.25, 0.3) is 0 Å². The number of carbonyl (C=O) groups is 1. The maximum Gasteiger partial charge on any atom is 0.410 e. The fourth-order valence-electron chi connectivity index (χ4n) is 6.85. The van der Waals surface area contributed by atoms with Gasteiger partial charge in [-0.1, -0.05) is 0 Å². The molecular formula is C43H40F2N12O4S. The van der Waals surface area contributed by atoms with Crippen molar-refractivity contribution in [2.24, 2.45) is 0 Å². The van der Waals surface area contributed by atoms with Crippen molar-refractivity contribution in [3.05, 3.63) is 122 Å². The second-order valence-corrected chi connectivity index (χ2v) is 17.3. The number of hydrogen-bond donors (Lipinski definition) is 1. The molecule has 0 atom stereocenters. The minimum atomic E-state index is -3.57. The van der Waals surface area contributed by atoms with E-state index in [1.165, 1.54) is 30.5 Å². The smallest absolute Gasteiger partial charge is 0.410 e. The number of nitrogens with zero attached hydrogens (tertiary/aromatic N) is 11. The minimum absolute atomic E-state index is 0.127. The average Bonchev–Trinajstić information content (AvgIpc) is 3.84. The number of piperidine rings is 1. The quantitative estimate of drug-likeness (QED) is 0.159. The number of amides is 1. The molecule has 16 nitrogen and oxygen atoms in total. The van der Waals surface area contributed by atoms with Crippen LogP contribution >= 0.6 is 0 Å². The monoisotopic (exact) mass is 858 g/mol. The molecule has 1 saturated heterocycles. The van der Waals surface area contributed by atoms with Crippen molar-refractivity contribution in [2.75, 3.05) is 24.7 Å². The van der Waals surface area contributed by atoms with Gasteiger partial charge in [0.1, 0.15) is 17.2 Å². The number of hydrogen-bond acceptors (Lipinski definition) is 13. The van der Waals surface area contributed by atoms with Gasteiger partial charge in [0.05, 0.1) is 46.6 Å². The van der Waals surface area contributed by atoms with Gasteiger partial charge in [0.15, 0.2) is 11.3 Å². The molecule has 1 aliphatic rings. The number of ether oxygens (including phenoxy) is 1. The molecule has 8 aromatic rings. The van der Waals surface area contributed by atoms with E-state index in [0.29, 0.717) is 64.4 Å². The van der Waals surface area contributed by atoms with Gasteiger partial charge in [-0.05, 0) is 94.3 Å². The van der Waals surface area contributed by atoms with E-state index in [-0.39, 0.29) is 28.9 Å². The molecular weight excluding hydrogens is 819 g/mol. The number of likely N-dealkylation sites (tertiary alicyclic amines) is 1. The van der Waals surface area contributed by atoms with Crippen LogP contribution in [-0.4, -0.2) is 99.1 Å². The molecule has 1 amide bonds. The lowest BCUT2D eigenvalue weighted by atomic mass is 10.1. The van der Waals surface area contributed by atoms with Crippen molar-refractivity contribution in [1.82, 2.24) is 53.6 Å². The summed E-state index contributed by atoms with van der Waals surface area (Å²) in [5.41, 5.74) is 5.77.